The highest BCUT2D eigenvalue weighted by Crippen LogP contribution is 2.35. The topological polar surface area (TPSA) is 112 Å². The van der Waals surface area contributed by atoms with Crippen LogP contribution < -0.4 is 0 Å². The van der Waals surface area contributed by atoms with Gasteiger partial charge in [0.15, 0.2) is 0 Å². The quantitative estimate of drug-likeness (QED) is 0.547. The molecule has 0 atom stereocenters. The Labute approximate surface area is 188 Å². The molecule has 2 heterocycles. The molecule has 0 aliphatic carbocycles. The van der Waals surface area contributed by atoms with Crippen LogP contribution in [0.25, 0.3) is 6.08 Å². The van der Waals surface area contributed by atoms with Crippen LogP contribution in [-0.2, 0) is 14.3 Å². The number of rotatable bonds is 5. The second-order valence-corrected chi connectivity index (χ2v) is 8.03. The van der Waals surface area contributed by atoms with Crippen molar-refractivity contribution in [3.05, 3.63) is 59.0 Å². The van der Waals surface area contributed by atoms with Crippen molar-refractivity contribution in [1.29, 1.82) is 0 Å². The van der Waals surface area contributed by atoms with E-state index in [9.17, 15) is 19.5 Å². The fourth-order valence-corrected chi connectivity index (χ4v) is 3.98. The fourth-order valence-electron chi connectivity index (χ4n) is 3.16. The molecule has 32 heavy (non-hydrogen) atoms. The van der Waals surface area contributed by atoms with E-state index in [4.69, 9.17) is 4.74 Å². The Balaban J connectivity index is 1.49. The number of thioether (sulfide) groups is 1. The van der Waals surface area contributed by atoms with Gasteiger partial charge in [-0.15, -0.1) is 0 Å². The van der Waals surface area contributed by atoms with Crippen molar-refractivity contribution >= 4 is 46.3 Å². The summed E-state index contributed by atoms with van der Waals surface area (Å²) in [7, 11) is 0. The Kier molecular flexibility index (Phi) is 6.62. The van der Waals surface area contributed by atoms with E-state index in [0.29, 0.717) is 43.2 Å². The number of benzene rings is 2. The first kappa shape index (κ1) is 21.7. The Hall–Kier alpha value is -3.50. The number of hydrogen-bond acceptors (Lipinski definition) is 8. The SMILES string of the molecule is O=C(CN1C(=O)S/C(=C\c2cc(N=Nc3ccccc3)ccc2O)C1=O)N1CCOCC1. The molecule has 4 rings (SSSR count). The van der Waals surface area contributed by atoms with E-state index in [2.05, 4.69) is 10.2 Å². The van der Waals surface area contributed by atoms with Gasteiger partial charge in [0, 0.05) is 18.7 Å². The summed E-state index contributed by atoms with van der Waals surface area (Å²) in [5, 5.41) is 18.0. The average molecular weight is 452 g/mol. The summed E-state index contributed by atoms with van der Waals surface area (Å²) in [6.45, 7) is 1.42. The van der Waals surface area contributed by atoms with Crippen LogP contribution in [0.3, 0.4) is 0 Å². The van der Waals surface area contributed by atoms with Crippen LogP contribution in [0.15, 0.2) is 63.7 Å². The summed E-state index contributed by atoms with van der Waals surface area (Å²) in [5.74, 6) is -0.944. The molecule has 0 bridgehead atoms. The molecule has 0 unspecified atom stereocenters. The Morgan fingerprint density at radius 1 is 1.06 bits per heavy atom. The highest BCUT2D eigenvalue weighted by atomic mass is 32.2. The number of aromatic hydroxyl groups is 1. The van der Waals surface area contributed by atoms with E-state index in [-0.39, 0.29) is 23.1 Å². The van der Waals surface area contributed by atoms with E-state index in [1.807, 2.05) is 18.2 Å². The molecule has 2 aliphatic rings. The van der Waals surface area contributed by atoms with E-state index in [1.54, 1.807) is 29.2 Å². The smallest absolute Gasteiger partial charge is 0.294 e. The first-order valence-corrected chi connectivity index (χ1v) is 10.7. The largest absolute Gasteiger partial charge is 0.507 e. The van der Waals surface area contributed by atoms with E-state index in [1.165, 1.54) is 12.1 Å². The lowest BCUT2D eigenvalue weighted by Crippen LogP contribution is -2.46. The number of ether oxygens (including phenoxy) is 1. The number of carbonyl (C=O) groups excluding carboxylic acids is 3. The molecule has 164 valence electrons. The molecule has 2 fully saturated rings. The van der Waals surface area contributed by atoms with Crippen molar-refractivity contribution in [3.8, 4) is 5.75 Å². The lowest BCUT2D eigenvalue weighted by Gasteiger charge is -2.28. The van der Waals surface area contributed by atoms with Gasteiger partial charge in [-0.3, -0.25) is 19.3 Å². The van der Waals surface area contributed by atoms with E-state index < -0.39 is 11.1 Å². The predicted molar refractivity (Wildman–Crippen MR) is 119 cm³/mol. The molecular formula is C22H20N4O5S. The normalized spacial score (nSPS) is 18.2. The summed E-state index contributed by atoms with van der Waals surface area (Å²) >= 11 is 0.728. The zero-order valence-corrected chi connectivity index (χ0v) is 17.8. The van der Waals surface area contributed by atoms with Crippen LogP contribution in [0, 0.1) is 0 Å². The van der Waals surface area contributed by atoms with Crippen LogP contribution in [0.2, 0.25) is 0 Å². The number of azo groups is 1. The molecule has 0 saturated carbocycles. The van der Waals surface area contributed by atoms with E-state index >= 15 is 0 Å². The number of imide groups is 1. The molecule has 0 aromatic heterocycles. The van der Waals surface area contributed by atoms with Crippen molar-refractivity contribution in [2.45, 2.75) is 0 Å². The van der Waals surface area contributed by atoms with Gasteiger partial charge in [0.2, 0.25) is 5.91 Å². The van der Waals surface area contributed by atoms with Crippen molar-refractivity contribution in [2.75, 3.05) is 32.8 Å². The second-order valence-electron chi connectivity index (χ2n) is 7.04. The fraction of sp³-hybridized carbons (Fsp3) is 0.227. The van der Waals surface area contributed by atoms with Gasteiger partial charge in [-0.05, 0) is 48.2 Å². The zero-order valence-electron chi connectivity index (χ0n) is 17.0. The summed E-state index contributed by atoms with van der Waals surface area (Å²) < 4.78 is 5.22. The number of amides is 3. The van der Waals surface area contributed by atoms with Crippen molar-refractivity contribution < 1.29 is 24.2 Å². The zero-order chi connectivity index (χ0) is 22.5. The maximum atomic E-state index is 12.7. The Morgan fingerprint density at radius 2 is 1.78 bits per heavy atom. The minimum Gasteiger partial charge on any atom is -0.507 e. The minimum absolute atomic E-state index is 0.0696. The number of hydrogen-bond donors (Lipinski definition) is 1. The third-order valence-corrected chi connectivity index (χ3v) is 5.77. The molecule has 2 saturated heterocycles. The van der Waals surface area contributed by atoms with Crippen LogP contribution in [-0.4, -0.2) is 64.8 Å². The highest BCUT2D eigenvalue weighted by molar-refractivity contribution is 8.18. The van der Waals surface area contributed by atoms with Gasteiger partial charge in [-0.2, -0.15) is 10.2 Å². The van der Waals surface area contributed by atoms with Crippen LogP contribution in [0.5, 0.6) is 5.75 Å². The number of morpholine rings is 1. The Morgan fingerprint density at radius 3 is 2.53 bits per heavy atom. The van der Waals surface area contributed by atoms with Crippen LogP contribution in [0.4, 0.5) is 16.2 Å². The van der Waals surface area contributed by atoms with Gasteiger partial charge >= 0.3 is 0 Å². The lowest BCUT2D eigenvalue weighted by atomic mass is 10.1. The van der Waals surface area contributed by atoms with Crippen molar-refractivity contribution in [1.82, 2.24) is 9.80 Å². The van der Waals surface area contributed by atoms with Gasteiger partial charge in [0.25, 0.3) is 11.1 Å². The molecule has 2 aromatic carbocycles. The predicted octanol–water partition coefficient (Wildman–Crippen LogP) is 3.70. The number of phenolic OH excluding ortho intramolecular Hbond substituents is 1. The van der Waals surface area contributed by atoms with Gasteiger partial charge in [-0.25, -0.2) is 0 Å². The Bertz CT molecular complexity index is 1100. The second kappa shape index (κ2) is 9.75. The molecule has 3 amide bonds. The van der Waals surface area contributed by atoms with Gasteiger partial charge in [0.1, 0.15) is 12.3 Å². The molecule has 0 radical (unpaired) electrons. The lowest BCUT2D eigenvalue weighted by molar-refractivity contribution is -0.139. The summed E-state index contributed by atoms with van der Waals surface area (Å²) in [6.07, 6.45) is 1.42. The van der Waals surface area contributed by atoms with Crippen molar-refractivity contribution in [2.24, 2.45) is 10.2 Å². The molecule has 10 heteroatoms. The van der Waals surface area contributed by atoms with Gasteiger partial charge in [0.05, 0.1) is 29.5 Å². The first-order valence-electron chi connectivity index (χ1n) is 9.92. The molecule has 9 nitrogen and oxygen atoms in total. The standard InChI is InChI=1S/C22H20N4O5S/c27-18-7-6-17(24-23-16-4-2-1-3-5-16)12-15(18)13-19-21(29)26(22(30)32-19)14-20(28)25-8-10-31-11-9-25/h1-7,12-13,27H,8-11,14H2/b19-13-,24-23?. The van der Waals surface area contributed by atoms with E-state index in [0.717, 1.165) is 16.7 Å². The van der Waals surface area contributed by atoms with Crippen molar-refractivity contribution in [3.63, 3.8) is 0 Å². The molecular weight excluding hydrogens is 432 g/mol. The molecule has 2 aliphatic heterocycles. The number of nitrogens with zero attached hydrogens (tertiary/aromatic N) is 4. The highest BCUT2D eigenvalue weighted by Gasteiger charge is 2.37. The number of carbonyl (C=O) groups is 3. The van der Waals surface area contributed by atoms with Gasteiger partial charge < -0.3 is 14.7 Å². The maximum absolute atomic E-state index is 12.7. The third kappa shape index (κ3) is 5.04. The minimum atomic E-state index is -0.572. The van der Waals surface area contributed by atoms with Crippen LogP contribution >= 0.6 is 11.8 Å². The average Bonchev–Trinajstić information content (AvgIpc) is 3.08. The first-order chi connectivity index (χ1) is 15.5. The monoisotopic (exact) mass is 452 g/mol. The van der Waals surface area contributed by atoms with Crippen LogP contribution in [0.1, 0.15) is 5.56 Å². The maximum Gasteiger partial charge on any atom is 0.294 e. The van der Waals surface area contributed by atoms with Gasteiger partial charge in [-0.1, -0.05) is 18.2 Å². The number of phenols is 1. The summed E-state index contributed by atoms with van der Waals surface area (Å²) in [4.78, 5) is 40.1. The summed E-state index contributed by atoms with van der Waals surface area (Å²) in [5.41, 5.74) is 1.47. The molecule has 0 spiro atoms. The third-order valence-electron chi connectivity index (χ3n) is 4.87. The summed E-state index contributed by atoms with van der Waals surface area (Å²) in [6, 6.07) is 13.8. The molecule has 1 N–H and O–H groups in total. The molecule has 2 aromatic rings.